The molecule has 1 saturated carbocycles. The van der Waals surface area contributed by atoms with E-state index in [9.17, 15) is 4.79 Å². The van der Waals surface area contributed by atoms with E-state index in [0.717, 1.165) is 0 Å². The van der Waals surface area contributed by atoms with Crippen molar-refractivity contribution in [1.82, 2.24) is 0 Å². The molecule has 0 aromatic heterocycles. The molecule has 1 N–H and O–H groups in total. The van der Waals surface area contributed by atoms with Gasteiger partial charge in [0.25, 0.3) is 0 Å². The first-order valence-corrected chi connectivity index (χ1v) is 4.50. The molecule has 0 aromatic carbocycles. The Kier molecular flexibility index (Phi) is 2.52. The lowest BCUT2D eigenvalue weighted by atomic mass is 10.1. The molecule has 1 unspecified atom stereocenters. The largest absolute Gasteiger partial charge is 0.506 e. The van der Waals surface area contributed by atoms with Gasteiger partial charge < -0.3 is 9.84 Å². The first-order valence-electron chi connectivity index (χ1n) is 3.75. The monoisotopic (exact) mass is 224 g/mol. The molecule has 5 heteroatoms. The Morgan fingerprint density at radius 2 is 2.00 bits per heavy atom. The average Bonchev–Trinajstić information content (AvgIpc) is 2.27. The summed E-state index contributed by atoms with van der Waals surface area (Å²) < 4.78 is 4.78. The van der Waals surface area contributed by atoms with E-state index in [1.807, 2.05) is 13.8 Å². The molecule has 0 aromatic rings. The Balaban J connectivity index is 2.82. The number of rotatable bonds is 2. The average molecular weight is 225 g/mol. The van der Waals surface area contributed by atoms with Crippen molar-refractivity contribution >= 4 is 29.4 Å². The number of halogens is 2. The van der Waals surface area contributed by atoms with Gasteiger partial charge in [0.2, 0.25) is 0 Å². The van der Waals surface area contributed by atoms with Crippen LogP contribution in [-0.4, -0.2) is 16.9 Å². The summed E-state index contributed by atoms with van der Waals surface area (Å²) in [6.07, 6.45) is 0.732. The maximum atomic E-state index is 10.4. The number of ether oxygens (including phenoxy) is 1. The first-order chi connectivity index (χ1) is 5.79. The minimum absolute atomic E-state index is 0.0341. The Hall–Kier alpha value is -0.410. The molecule has 1 aliphatic carbocycles. The quantitative estimate of drug-likeness (QED) is 0.734. The fourth-order valence-electron chi connectivity index (χ4n) is 1.39. The summed E-state index contributed by atoms with van der Waals surface area (Å²) in [4.78, 5) is 10.4. The van der Waals surface area contributed by atoms with E-state index in [-0.39, 0.29) is 9.91 Å². The topological polar surface area (TPSA) is 46.5 Å². The fraction of sp³-hybridized carbons (Fsp3) is 0.625. The van der Waals surface area contributed by atoms with Gasteiger partial charge in [0.05, 0.1) is 0 Å². The van der Waals surface area contributed by atoms with Crippen LogP contribution in [0.1, 0.15) is 20.3 Å². The summed E-state index contributed by atoms with van der Waals surface area (Å²) >= 11 is 10.9. The lowest BCUT2D eigenvalue weighted by Gasteiger charge is -2.14. The van der Waals surface area contributed by atoms with Gasteiger partial charge >= 0.3 is 6.16 Å². The zero-order valence-electron chi connectivity index (χ0n) is 7.30. The number of hydrogen-bond donors (Lipinski definition) is 1. The van der Waals surface area contributed by atoms with Crippen molar-refractivity contribution < 1.29 is 14.6 Å². The molecule has 13 heavy (non-hydrogen) atoms. The molecule has 0 spiro atoms. The van der Waals surface area contributed by atoms with Crippen molar-refractivity contribution in [2.75, 3.05) is 0 Å². The molecule has 3 nitrogen and oxygen atoms in total. The second-order valence-electron chi connectivity index (χ2n) is 3.75. The van der Waals surface area contributed by atoms with Gasteiger partial charge in [-0.05, 0) is 6.08 Å². The maximum absolute atomic E-state index is 10.4. The van der Waals surface area contributed by atoms with Gasteiger partial charge in [-0.1, -0.05) is 37.0 Å². The normalized spacial score (nSPS) is 29.2. The van der Waals surface area contributed by atoms with Crippen molar-refractivity contribution in [2.24, 2.45) is 5.41 Å². The van der Waals surface area contributed by atoms with Crippen LogP contribution in [0.4, 0.5) is 4.79 Å². The predicted molar refractivity (Wildman–Crippen MR) is 50.0 cm³/mol. The third-order valence-electron chi connectivity index (χ3n) is 2.34. The summed E-state index contributed by atoms with van der Waals surface area (Å²) in [5.41, 5.74) is -1.06. The van der Waals surface area contributed by atoms with Crippen molar-refractivity contribution in [3.63, 3.8) is 0 Å². The lowest BCUT2D eigenvalue weighted by Crippen LogP contribution is -2.21. The van der Waals surface area contributed by atoms with Gasteiger partial charge in [-0.3, -0.25) is 0 Å². The molecule has 1 fully saturated rings. The van der Waals surface area contributed by atoms with Crippen molar-refractivity contribution in [3.05, 3.63) is 10.6 Å². The molecule has 1 aliphatic rings. The zero-order chi connectivity index (χ0) is 10.3. The molecule has 0 saturated heterocycles. The molecular formula is C8H10Cl2O3. The number of hydrogen-bond acceptors (Lipinski definition) is 2. The van der Waals surface area contributed by atoms with Gasteiger partial charge in [-0.25, -0.2) is 4.79 Å². The standard InChI is InChI=1S/C8H10Cl2O3/c1-7(2)4-8(7,3-5(9)10)13-6(11)12/h3H,4H2,1-2H3,(H,11,12). The van der Waals surface area contributed by atoms with Crippen molar-refractivity contribution in [3.8, 4) is 0 Å². The smallest absolute Gasteiger partial charge is 0.450 e. The van der Waals surface area contributed by atoms with Gasteiger partial charge in [0.1, 0.15) is 10.1 Å². The number of carboxylic acid groups (broad SMARTS) is 1. The highest BCUT2D eigenvalue weighted by atomic mass is 35.5. The van der Waals surface area contributed by atoms with E-state index < -0.39 is 11.8 Å². The Labute approximate surface area is 86.3 Å². The molecule has 0 bridgehead atoms. The van der Waals surface area contributed by atoms with Crippen molar-refractivity contribution in [1.29, 1.82) is 0 Å². The van der Waals surface area contributed by atoms with Crippen LogP contribution in [0, 0.1) is 5.41 Å². The molecular weight excluding hydrogens is 215 g/mol. The lowest BCUT2D eigenvalue weighted by molar-refractivity contribution is 0.0443. The second-order valence-corrected chi connectivity index (χ2v) is 4.76. The Morgan fingerprint density at radius 1 is 1.54 bits per heavy atom. The van der Waals surface area contributed by atoms with Crippen LogP contribution < -0.4 is 0 Å². The molecule has 1 rings (SSSR count). The molecule has 0 heterocycles. The Bertz CT molecular complexity index is 269. The van der Waals surface area contributed by atoms with E-state index in [4.69, 9.17) is 33.0 Å². The minimum atomic E-state index is -1.31. The van der Waals surface area contributed by atoms with Crippen molar-refractivity contribution in [2.45, 2.75) is 25.9 Å². The van der Waals surface area contributed by atoms with Crippen LogP contribution in [0.15, 0.2) is 10.6 Å². The van der Waals surface area contributed by atoms with E-state index in [1.165, 1.54) is 6.08 Å². The predicted octanol–water partition coefficient (Wildman–Crippen LogP) is 3.17. The summed E-state index contributed by atoms with van der Waals surface area (Å²) in [7, 11) is 0. The number of carbonyl (C=O) groups is 1. The fourth-order valence-corrected chi connectivity index (χ4v) is 1.75. The van der Waals surface area contributed by atoms with Crippen LogP contribution in [0.5, 0.6) is 0 Å². The van der Waals surface area contributed by atoms with Crippen LogP contribution >= 0.6 is 23.2 Å². The van der Waals surface area contributed by atoms with E-state index >= 15 is 0 Å². The van der Waals surface area contributed by atoms with Crippen LogP contribution in [-0.2, 0) is 4.74 Å². The maximum Gasteiger partial charge on any atom is 0.506 e. The molecule has 1 atom stereocenters. The van der Waals surface area contributed by atoms with E-state index in [2.05, 4.69) is 0 Å². The van der Waals surface area contributed by atoms with Gasteiger partial charge in [-0.2, -0.15) is 0 Å². The van der Waals surface area contributed by atoms with Gasteiger partial charge in [0, 0.05) is 11.8 Å². The summed E-state index contributed by atoms with van der Waals surface area (Å²) in [5.74, 6) is 0. The third-order valence-corrected chi connectivity index (χ3v) is 2.56. The minimum Gasteiger partial charge on any atom is -0.450 e. The summed E-state index contributed by atoms with van der Waals surface area (Å²) in [6, 6.07) is 0. The Morgan fingerprint density at radius 3 is 2.23 bits per heavy atom. The van der Waals surface area contributed by atoms with Crippen LogP contribution in [0.3, 0.4) is 0 Å². The summed E-state index contributed by atoms with van der Waals surface area (Å²) in [6.45, 7) is 3.78. The highest BCUT2D eigenvalue weighted by molar-refractivity contribution is 6.55. The molecule has 0 aliphatic heterocycles. The van der Waals surface area contributed by atoms with E-state index in [1.54, 1.807) is 0 Å². The molecule has 74 valence electrons. The van der Waals surface area contributed by atoms with Gasteiger partial charge in [0.15, 0.2) is 0 Å². The SMILES string of the molecule is CC1(C)CC1(C=C(Cl)Cl)OC(=O)O. The molecule has 0 radical (unpaired) electrons. The van der Waals surface area contributed by atoms with Gasteiger partial charge in [-0.15, -0.1) is 0 Å². The highest BCUT2D eigenvalue weighted by Gasteiger charge is 2.64. The third kappa shape index (κ3) is 2.09. The highest BCUT2D eigenvalue weighted by Crippen LogP contribution is 2.60. The molecule has 0 amide bonds. The summed E-state index contributed by atoms with van der Waals surface area (Å²) in [5, 5.41) is 8.50. The first kappa shape index (κ1) is 10.7. The van der Waals surface area contributed by atoms with Crippen LogP contribution in [0.25, 0.3) is 0 Å². The zero-order valence-corrected chi connectivity index (χ0v) is 8.82. The second kappa shape index (κ2) is 3.07. The van der Waals surface area contributed by atoms with Crippen LogP contribution in [0.2, 0.25) is 0 Å². The van der Waals surface area contributed by atoms with E-state index in [0.29, 0.717) is 6.42 Å².